The van der Waals surface area contributed by atoms with Gasteiger partial charge in [-0.15, -0.1) is 0 Å². The minimum atomic E-state index is -4.53. The van der Waals surface area contributed by atoms with Gasteiger partial charge in [0.1, 0.15) is 5.69 Å². The van der Waals surface area contributed by atoms with Crippen molar-refractivity contribution in [3.8, 4) is 0 Å². The van der Waals surface area contributed by atoms with Crippen LogP contribution < -0.4 is 10.6 Å². The van der Waals surface area contributed by atoms with E-state index in [1.807, 2.05) is 32.0 Å². The van der Waals surface area contributed by atoms with Crippen LogP contribution in [0.1, 0.15) is 27.2 Å². The Kier molecular flexibility index (Phi) is 5.30. The molecule has 5 nitrogen and oxygen atoms in total. The van der Waals surface area contributed by atoms with E-state index >= 15 is 0 Å². The van der Waals surface area contributed by atoms with E-state index in [1.54, 1.807) is 0 Å². The summed E-state index contributed by atoms with van der Waals surface area (Å²) in [4.78, 5) is 20.4. The molecule has 0 aliphatic rings. The molecular weight excluding hydrogens is 369 g/mol. The quantitative estimate of drug-likeness (QED) is 0.654. The molecule has 1 heterocycles. The molecule has 0 bridgehead atoms. The predicted octanol–water partition coefficient (Wildman–Crippen LogP) is 5.11. The fourth-order valence-corrected chi connectivity index (χ4v) is 2.75. The average Bonchev–Trinajstić information content (AvgIpc) is 2.60. The number of nitrogens with one attached hydrogen (secondary N) is 2. The summed E-state index contributed by atoms with van der Waals surface area (Å²) in [6.45, 7) is 3.82. The van der Waals surface area contributed by atoms with Crippen molar-refractivity contribution < 1.29 is 18.0 Å². The molecule has 0 aliphatic heterocycles. The Morgan fingerprint density at radius 2 is 1.68 bits per heavy atom. The van der Waals surface area contributed by atoms with Gasteiger partial charge in [-0.2, -0.15) is 13.2 Å². The second-order valence-corrected chi connectivity index (χ2v) is 6.26. The lowest BCUT2D eigenvalue weighted by Gasteiger charge is -2.13. The number of amides is 1. The van der Waals surface area contributed by atoms with Crippen molar-refractivity contribution in [1.29, 1.82) is 0 Å². The van der Waals surface area contributed by atoms with Crippen molar-refractivity contribution in [3.63, 3.8) is 0 Å². The van der Waals surface area contributed by atoms with Gasteiger partial charge >= 0.3 is 6.18 Å². The molecule has 0 unspecified atom stereocenters. The van der Waals surface area contributed by atoms with Crippen molar-refractivity contribution in [3.05, 3.63) is 77.1 Å². The number of hydrogen-bond acceptors (Lipinski definition) is 4. The van der Waals surface area contributed by atoms with Crippen molar-refractivity contribution in [2.45, 2.75) is 20.0 Å². The molecule has 144 valence electrons. The van der Waals surface area contributed by atoms with Crippen LogP contribution in [-0.4, -0.2) is 15.9 Å². The molecule has 1 aromatic heterocycles. The number of aryl methyl sites for hydroxylation is 2. The van der Waals surface area contributed by atoms with Crippen LogP contribution in [0.4, 0.5) is 30.5 Å². The van der Waals surface area contributed by atoms with Crippen molar-refractivity contribution >= 4 is 23.2 Å². The molecule has 8 heteroatoms. The van der Waals surface area contributed by atoms with Crippen molar-refractivity contribution in [2.24, 2.45) is 0 Å². The highest BCUT2D eigenvalue weighted by molar-refractivity contribution is 6.03. The number of para-hydroxylation sites is 1. The van der Waals surface area contributed by atoms with E-state index in [9.17, 15) is 18.0 Å². The third-order valence-corrected chi connectivity index (χ3v) is 3.85. The summed E-state index contributed by atoms with van der Waals surface area (Å²) < 4.78 is 39.4. The number of carbonyl (C=O) groups excluding carboxylic acids is 1. The number of hydrogen-bond donors (Lipinski definition) is 2. The molecule has 2 N–H and O–H groups in total. The highest BCUT2D eigenvalue weighted by Gasteiger charge is 2.33. The van der Waals surface area contributed by atoms with Gasteiger partial charge in [0.25, 0.3) is 5.91 Å². The lowest BCUT2D eigenvalue weighted by Crippen LogP contribution is -2.15. The standard InChI is InChI=1S/C20H17F3N4O/c1-12-9-13(2)11-14(10-12)25-18(28)17-7-8-24-19(27-17)26-16-6-4-3-5-15(16)20(21,22)23/h3-11H,1-2H3,(H,25,28)(H,24,26,27). The first-order chi connectivity index (χ1) is 13.2. The first-order valence-electron chi connectivity index (χ1n) is 8.38. The van der Waals surface area contributed by atoms with Crippen LogP contribution in [0.3, 0.4) is 0 Å². The zero-order valence-electron chi connectivity index (χ0n) is 15.1. The largest absolute Gasteiger partial charge is 0.418 e. The number of carbonyl (C=O) groups is 1. The Hall–Kier alpha value is -3.42. The number of rotatable bonds is 4. The molecule has 3 rings (SSSR count). The second-order valence-electron chi connectivity index (χ2n) is 6.26. The van der Waals surface area contributed by atoms with Gasteiger partial charge in [0.2, 0.25) is 5.95 Å². The Bertz CT molecular complexity index is 998. The Morgan fingerprint density at radius 1 is 1.00 bits per heavy atom. The summed E-state index contributed by atoms with van der Waals surface area (Å²) in [5, 5.41) is 5.26. The third kappa shape index (κ3) is 4.64. The van der Waals surface area contributed by atoms with Crippen LogP contribution in [-0.2, 0) is 6.18 Å². The van der Waals surface area contributed by atoms with Gasteiger partial charge in [-0.05, 0) is 55.3 Å². The molecule has 3 aromatic rings. The van der Waals surface area contributed by atoms with E-state index < -0.39 is 17.6 Å². The van der Waals surface area contributed by atoms with Crippen LogP contribution in [0.5, 0.6) is 0 Å². The highest BCUT2D eigenvalue weighted by Crippen LogP contribution is 2.35. The molecule has 0 saturated carbocycles. The van der Waals surface area contributed by atoms with Gasteiger partial charge in [0.05, 0.1) is 11.3 Å². The van der Waals surface area contributed by atoms with E-state index in [2.05, 4.69) is 20.6 Å². The molecule has 1 amide bonds. The smallest absolute Gasteiger partial charge is 0.324 e. The van der Waals surface area contributed by atoms with Gasteiger partial charge in [0, 0.05) is 11.9 Å². The third-order valence-electron chi connectivity index (χ3n) is 3.85. The van der Waals surface area contributed by atoms with Gasteiger partial charge in [0.15, 0.2) is 0 Å². The van der Waals surface area contributed by atoms with E-state index in [0.29, 0.717) is 5.69 Å². The molecule has 28 heavy (non-hydrogen) atoms. The van der Waals surface area contributed by atoms with E-state index in [1.165, 1.54) is 30.5 Å². The number of nitrogens with zero attached hydrogens (tertiary/aromatic N) is 2. The molecule has 0 atom stereocenters. The Labute approximate surface area is 159 Å². The number of aromatic nitrogens is 2. The maximum atomic E-state index is 13.1. The van der Waals surface area contributed by atoms with Crippen LogP contribution in [0.2, 0.25) is 0 Å². The maximum Gasteiger partial charge on any atom is 0.418 e. The fraction of sp³-hybridized carbons (Fsp3) is 0.150. The zero-order valence-corrected chi connectivity index (χ0v) is 15.1. The van der Waals surface area contributed by atoms with Crippen LogP contribution in [0.25, 0.3) is 0 Å². The molecule has 2 aromatic carbocycles. The molecule has 0 saturated heterocycles. The Balaban J connectivity index is 1.82. The SMILES string of the molecule is Cc1cc(C)cc(NC(=O)c2ccnc(Nc3ccccc3C(F)(F)F)n2)c1. The lowest BCUT2D eigenvalue weighted by atomic mass is 10.1. The monoisotopic (exact) mass is 386 g/mol. The normalized spacial score (nSPS) is 11.2. The summed E-state index contributed by atoms with van der Waals surface area (Å²) >= 11 is 0. The number of benzene rings is 2. The summed E-state index contributed by atoms with van der Waals surface area (Å²) in [7, 11) is 0. The average molecular weight is 386 g/mol. The second kappa shape index (κ2) is 7.67. The van der Waals surface area contributed by atoms with Gasteiger partial charge < -0.3 is 10.6 Å². The number of alkyl halides is 3. The van der Waals surface area contributed by atoms with Crippen molar-refractivity contribution in [2.75, 3.05) is 10.6 Å². The summed E-state index contributed by atoms with van der Waals surface area (Å²) in [5.74, 6) is -0.593. The molecular formula is C20H17F3N4O. The first kappa shape index (κ1) is 19.3. The van der Waals surface area contributed by atoms with Gasteiger partial charge in [-0.3, -0.25) is 4.79 Å². The minimum Gasteiger partial charge on any atom is -0.324 e. The summed E-state index contributed by atoms with van der Waals surface area (Å²) in [6.07, 6.45) is -3.22. The van der Waals surface area contributed by atoms with Crippen molar-refractivity contribution in [1.82, 2.24) is 9.97 Å². The van der Waals surface area contributed by atoms with Crippen LogP contribution in [0, 0.1) is 13.8 Å². The topological polar surface area (TPSA) is 66.9 Å². The maximum absolute atomic E-state index is 13.1. The number of anilines is 3. The highest BCUT2D eigenvalue weighted by atomic mass is 19.4. The van der Waals surface area contributed by atoms with E-state index in [0.717, 1.165) is 17.2 Å². The lowest BCUT2D eigenvalue weighted by molar-refractivity contribution is -0.136. The zero-order chi connectivity index (χ0) is 20.3. The van der Waals surface area contributed by atoms with Gasteiger partial charge in [-0.25, -0.2) is 9.97 Å². The fourth-order valence-electron chi connectivity index (χ4n) is 2.75. The molecule has 0 radical (unpaired) electrons. The summed E-state index contributed by atoms with van der Waals surface area (Å²) in [6, 6.07) is 12.0. The first-order valence-corrected chi connectivity index (χ1v) is 8.38. The summed E-state index contributed by atoms with van der Waals surface area (Å²) in [5.41, 5.74) is 1.58. The Morgan fingerprint density at radius 3 is 2.36 bits per heavy atom. The number of halogens is 3. The van der Waals surface area contributed by atoms with Crippen LogP contribution in [0.15, 0.2) is 54.7 Å². The van der Waals surface area contributed by atoms with E-state index in [-0.39, 0.29) is 17.3 Å². The molecule has 0 fully saturated rings. The predicted molar refractivity (Wildman–Crippen MR) is 101 cm³/mol. The minimum absolute atomic E-state index is 0.0288. The van der Waals surface area contributed by atoms with Crippen LogP contribution >= 0.6 is 0 Å². The van der Waals surface area contributed by atoms with Gasteiger partial charge in [-0.1, -0.05) is 18.2 Å². The van der Waals surface area contributed by atoms with E-state index in [4.69, 9.17) is 0 Å². The molecule has 0 spiro atoms. The molecule has 0 aliphatic carbocycles.